The van der Waals surface area contributed by atoms with Crippen LogP contribution in [-0.4, -0.2) is 37.5 Å². The molecule has 11 heavy (non-hydrogen) atoms. The third-order valence-electron chi connectivity index (χ3n) is 0.927. The molecular weight excluding hydrogens is 146 g/mol. The maximum Gasteiger partial charge on any atom is 0.230 e. The summed E-state index contributed by atoms with van der Waals surface area (Å²) in [5.74, 6) is -0.951. The Morgan fingerprint density at radius 2 is 2.00 bits per heavy atom. The summed E-state index contributed by atoms with van der Waals surface area (Å²) in [6.07, 6.45) is -0.242. The fraction of sp³-hybridized carbons (Fsp3) is 0.667. The summed E-state index contributed by atoms with van der Waals surface area (Å²) in [5.41, 5.74) is 4.79. The van der Waals surface area contributed by atoms with E-state index < -0.39 is 5.91 Å². The number of nitrogens with zero attached hydrogens (tertiary/aromatic N) is 1. The number of nitrogens with one attached hydrogen (secondary N) is 1. The predicted octanol–water partition coefficient (Wildman–Crippen LogP) is -1.50. The molecule has 0 aliphatic rings. The van der Waals surface area contributed by atoms with E-state index in [0.29, 0.717) is 6.67 Å². The Labute approximate surface area is 65.5 Å². The van der Waals surface area contributed by atoms with Crippen molar-refractivity contribution < 1.29 is 9.59 Å². The summed E-state index contributed by atoms with van der Waals surface area (Å²) in [6.45, 7) is 0.423. The van der Waals surface area contributed by atoms with Gasteiger partial charge in [-0.25, -0.2) is 0 Å². The molecule has 0 bridgehead atoms. The molecule has 0 unspecified atom stereocenters. The minimum Gasteiger partial charge on any atom is -0.369 e. The van der Waals surface area contributed by atoms with Gasteiger partial charge in [-0.2, -0.15) is 0 Å². The SMILES string of the molecule is CN(C)CNC(=O)CC(N)=O. The van der Waals surface area contributed by atoms with Gasteiger partial charge in [-0.1, -0.05) is 0 Å². The molecule has 0 aromatic heterocycles. The molecule has 0 fully saturated rings. The van der Waals surface area contributed by atoms with Crippen LogP contribution in [0.25, 0.3) is 0 Å². The molecule has 0 aromatic rings. The largest absolute Gasteiger partial charge is 0.369 e. The molecule has 5 nitrogen and oxygen atoms in total. The van der Waals surface area contributed by atoms with Crippen molar-refractivity contribution in [1.82, 2.24) is 10.2 Å². The van der Waals surface area contributed by atoms with Gasteiger partial charge in [-0.05, 0) is 14.1 Å². The van der Waals surface area contributed by atoms with E-state index in [2.05, 4.69) is 5.32 Å². The van der Waals surface area contributed by atoms with Gasteiger partial charge in [0.15, 0.2) is 0 Å². The highest BCUT2D eigenvalue weighted by molar-refractivity contribution is 5.95. The maximum absolute atomic E-state index is 10.7. The molecule has 0 aromatic carbocycles. The number of carbonyl (C=O) groups excluding carboxylic acids is 2. The molecule has 0 aliphatic heterocycles. The maximum atomic E-state index is 10.7. The number of hydrogen-bond acceptors (Lipinski definition) is 3. The van der Waals surface area contributed by atoms with E-state index >= 15 is 0 Å². The first-order chi connectivity index (χ1) is 5.02. The number of nitrogens with two attached hydrogens (primary N) is 1. The molecule has 0 saturated carbocycles. The Bertz CT molecular complexity index is 156. The lowest BCUT2D eigenvalue weighted by Gasteiger charge is -2.09. The van der Waals surface area contributed by atoms with Gasteiger partial charge in [0, 0.05) is 0 Å². The smallest absolute Gasteiger partial charge is 0.230 e. The molecule has 0 spiro atoms. The summed E-state index contributed by atoms with van der Waals surface area (Å²) in [7, 11) is 3.62. The van der Waals surface area contributed by atoms with Gasteiger partial charge in [-0.15, -0.1) is 0 Å². The number of amides is 2. The fourth-order valence-electron chi connectivity index (χ4n) is 0.467. The Hall–Kier alpha value is -1.10. The van der Waals surface area contributed by atoms with Crippen LogP contribution in [0.2, 0.25) is 0 Å². The van der Waals surface area contributed by atoms with E-state index in [1.807, 2.05) is 14.1 Å². The van der Waals surface area contributed by atoms with Crippen LogP contribution < -0.4 is 11.1 Å². The summed E-state index contributed by atoms with van der Waals surface area (Å²) in [6, 6.07) is 0. The van der Waals surface area contributed by atoms with Gasteiger partial charge in [0.2, 0.25) is 11.8 Å². The average Bonchev–Trinajstić information content (AvgIpc) is 1.82. The minimum atomic E-state index is -0.610. The molecular formula is C6H13N3O2. The minimum absolute atomic E-state index is 0.242. The van der Waals surface area contributed by atoms with Crippen LogP contribution >= 0.6 is 0 Å². The zero-order valence-corrected chi connectivity index (χ0v) is 6.76. The molecule has 2 amide bonds. The van der Waals surface area contributed by atoms with Crippen LogP contribution in [0.5, 0.6) is 0 Å². The van der Waals surface area contributed by atoms with Crippen LogP contribution in [0.1, 0.15) is 6.42 Å². The van der Waals surface area contributed by atoms with Crippen LogP contribution in [-0.2, 0) is 9.59 Å². The first-order valence-corrected chi connectivity index (χ1v) is 3.22. The van der Waals surface area contributed by atoms with Gasteiger partial charge < -0.3 is 11.1 Å². The summed E-state index contributed by atoms with van der Waals surface area (Å²) in [4.78, 5) is 22.7. The first kappa shape index (κ1) is 9.90. The molecule has 64 valence electrons. The lowest BCUT2D eigenvalue weighted by Crippen LogP contribution is -2.35. The summed E-state index contributed by atoms with van der Waals surface area (Å²) < 4.78 is 0. The number of primary amides is 1. The van der Waals surface area contributed by atoms with Crippen LogP contribution in [0.15, 0.2) is 0 Å². The standard InChI is InChI=1S/C6H13N3O2/c1-9(2)4-8-6(11)3-5(7)10/h3-4H2,1-2H3,(H2,7,10)(H,8,11). The van der Waals surface area contributed by atoms with Gasteiger partial charge in [-0.3, -0.25) is 14.5 Å². The van der Waals surface area contributed by atoms with Crippen molar-refractivity contribution >= 4 is 11.8 Å². The third kappa shape index (κ3) is 6.79. The van der Waals surface area contributed by atoms with E-state index in [9.17, 15) is 9.59 Å². The molecule has 0 rings (SSSR count). The Morgan fingerprint density at radius 3 is 2.36 bits per heavy atom. The molecule has 0 aliphatic carbocycles. The lowest BCUT2D eigenvalue weighted by molar-refractivity contribution is -0.127. The Balaban J connectivity index is 3.46. The summed E-state index contributed by atoms with van der Waals surface area (Å²) >= 11 is 0. The van der Waals surface area contributed by atoms with E-state index in [1.54, 1.807) is 4.90 Å². The fourth-order valence-corrected chi connectivity index (χ4v) is 0.467. The zero-order chi connectivity index (χ0) is 8.85. The van der Waals surface area contributed by atoms with Gasteiger partial charge >= 0.3 is 0 Å². The highest BCUT2D eigenvalue weighted by Gasteiger charge is 2.03. The number of hydrogen-bond donors (Lipinski definition) is 2. The third-order valence-corrected chi connectivity index (χ3v) is 0.927. The normalized spacial score (nSPS) is 9.73. The van der Waals surface area contributed by atoms with E-state index in [-0.39, 0.29) is 12.3 Å². The second kappa shape index (κ2) is 4.68. The number of carbonyl (C=O) groups is 2. The average molecular weight is 159 g/mol. The summed E-state index contributed by atoms with van der Waals surface area (Å²) in [5, 5.41) is 2.50. The van der Waals surface area contributed by atoms with Crippen molar-refractivity contribution in [2.24, 2.45) is 5.73 Å². The predicted molar refractivity (Wildman–Crippen MR) is 40.5 cm³/mol. The Morgan fingerprint density at radius 1 is 1.45 bits per heavy atom. The van der Waals surface area contributed by atoms with Crippen molar-refractivity contribution in [2.75, 3.05) is 20.8 Å². The highest BCUT2D eigenvalue weighted by atomic mass is 16.2. The van der Waals surface area contributed by atoms with Gasteiger partial charge in [0.05, 0.1) is 6.67 Å². The molecule has 0 heterocycles. The molecule has 3 N–H and O–H groups in total. The van der Waals surface area contributed by atoms with Crippen molar-refractivity contribution in [1.29, 1.82) is 0 Å². The molecule has 0 radical (unpaired) electrons. The topological polar surface area (TPSA) is 75.4 Å². The van der Waals surface area contributed by atoms with Gasteiger partial charge in [0.25, 0.3) is 0 Å². The van der Waals surface area contributed by atoms with E-state index in [0.717, 1.165) is 0 Å². The Kier molecular flexibility index (Phi) is 4.21. The van der Waals surface area contributed by atoms with Crippen molar-refractivity contribution in [3.05, 3.63) is 0 Å². The van der Waals surface area contributed by atoms with Crippen LogP contribution in [0.3, 0.4) is 0 Å². The van der Waals surface area contributed by atoms with E-state index in [4.69, 9.17) is 5.73 Å². The van der Waals surface area contributed by atoms with Crippen LogP contribution in [0.4, 0.5) is 0 Å². The van der Waals surface area contributed by atoms with Gasteiger partial charge in [0.1, 0.15) is 6.42 Å². The lowest BCUT2D eigenvalue weighted by atomic mass is 10.4. The van der Waals surface area contributed by atoms with E-state index in [1.165, 1.54) is 0 Å². The second-order valence-electron chi connectivity index (χ2n) is 2.48. The quantitative estimate of drug-likeness (QED) is 0.387. The monoisotopic (exact) mass is 159 g/mol. The highest BCUT2D eigenvalue weighted by Crippen LogP contribution is 1.76. The second-order valence-corrected chi connectivity index (χ2v) is 2.48. The number of rotatable bonds is 4. The van der Waals surface area contributed by atoms with Crippen LogP contribution in [0, 0.1) is 0 Å². The first-order valence-electron chi connectivity index (χ1n) is 3.22. The molecule has 5 heteroatoms. The van der Waals surface area contributed by atoms with Crippen molar-refractivity contribution in [3.63, 3.8) is 0 Å². The van der Waals surface area contributed by atoms with Crippen molar-refractivity contribution in [3.8, 4) is 0 Å². The zero-order valence-electron chi connectivity index (χ0n) is 6.76. The molecule has 0 atom stereocenters. The van der Waals surface area contributed by atoms with Crippen molar-refractivity contribution in [2.45, 2.75) is 6.42 Å². The molecule has 0 saturated heterocycles.